The topological polar surface area (TPSA) is 62.2 Å². The van der Waals surface area contributed by atoms with Gasteiger partial charge in [0.15, 0.2) is 0 Å². The van der Waals surface area contributed by atoms with Gasteiger partial charge in [-0.1, -0.05) is 17.3 Å². The average molecular weight is 452 g/mol. The Morgan fingerprint density at radius 2 is 1.72 bits per heavy atom. The molecule has 2 aromatic rings. The number of nitrogens with zero attached hydrogens (tertiary/aromatic N) is 2. The number of allylic oxidation sites excluding steroid dienone is 1. The Labute approximate surface area is 185 Å². The maximum atomic E-state index is 13.0. The van der Waals surface area contributed by atoms with Crippen LogP contribution in [0.2, 0.25) is 0 Å². The predicted octanol–water partition coefficient (Wildman–Crippen LogP) is 5.41. The number of hydrogen-bond donors (Lipinski definition) is 0. The summed E-state index contributed by atoms with van der Waals surface area (Å²) < 4.78 is 56.0. The number of oxime groups is 1. The molecule has 0 aliphatic rings. The number of hydrogen-bond acceptors (Lipinski definition) is 6. The zero-order chi connectivity index (χ0) is 23.6. The van der Waals surface area contributed by atoms with Gasteiger partial charge in [-0.05, 0) is 56.2 Å². The fourth-order valence-corrected chi connectivity index (χ4v) is 2.83. The Balaban J connectivity index is 1.83. The van der Waals surface area contributed by atoms with Crippen molar-refractivity contribution >= 4 is 5.71 Å². The highest BCUT2D eigenvalue weighted by Gasteiger charge is 2.38. The van der Waals surface area contributed by atoms with Gasteiger partial charge in [0.1, 0.15) is 31.0 Å². The SMILES string of the molecule is C/C=C/COc1cc(C)c(OCCCOc2ccc(/C(=N/OC)C(F)(F)F)nc2)c(C)c1. The molecule has 0 saturated carbocycles. The van der Waals surface area contributed by atoms with Crippen molar-refractivity contribution in [3.8, 4) is 17.2 Å². The number of aromatic nitrogens is 1. The largest absolute Gasteiger partial charge is 0.493 e. The zero-order valence-electron chi connectivity index (χ0n) is 18.5. The Morgan fingerprint density at radius 3 is 2.28 bits per heavy atom. The van der Waals surface area contributed by atoms with Gasteiger partial charge in [0.2, 0.25) is 5.71 Å². The number of aryl methyl sites for hydroxylation is 2. The van der Waals surface area contributed by atoms with Crippen LogP contribution in [-0.2, 0) is 4.84 Å². The molecule has 0 N–H and O–H groups in total. The first kappa shape index (κ1) is 25.0. The van der Waals surface area contributed by atoms with E-state index >= 15 is 0 Å². The van der Waals surface area contributed by atoms with Crippen molar-refractivity contribution in [2.24, 2.45) is 5.16 Å². The van der Waals surface area contributed by atoms with E-state index in [1.807, 2.05) is 45.1 Å². The van der Waals surface area contributed by atoms with Crippen LogP contribution in [0, 0.1) is 13.8 Å². The van der Waals surface area contributed by atoms with E-state index in [0.717, 1.165) is 29.7 Å². The standard InChI is InChI=1S/C23H27F3N2O4/c1-5-6-10-31-19-13-16(2)21(17(3)14-19)32-12-7-11-30-18-8-9-20(27-15-18)22(28-29-4)23(24,25)26/h5-6,8-9,13-15H,7,10-12H2,1-4H3/b6-5+,28-22-. The molecule has 1 aromatic heterocycles. The van der Waals surface area contributed by atoms with Gasteiger partial charge in [0.05, 0.1) is 25.1 Å². The highest BCUT2D eigenvalue weighted by Crippen LogP contribution is 2.28. The Kier molecular flexibility index (Phi) is 9.37. The number of ether oxygens (including phenoxy) is 3. The molecule has 0 radical (unpaired) electrons. The second-order valence-electron chi connectivity index (χ2n) is 6.82. The first-order valence-electron chi connectivity index (χ1n) is 10.0. The molecule has 1 heterocycles. The van der Waals surface area contributed by atoms with E-state index in [-0.39, 0.29) is 5.69 Å². The third-order valence-corrected chi connectivity index (χ3v) is 4.25. The molecule has 174 valence electrons. The van der Waals surface area contributed by atoms with Gasteiger partial charge in [-0.25, -0.2) is 0 Å². The highest BCUT2D eigenvalue weighted by atomic mass is 19.4. The molecular weight excluding hydrogens is 425 g/mol. The monoisotopic (exact) mass is 452 g/mol. The molecule has 0 bridgehead atoms. The van der Waals surface area contributed by atoms with Gasteiger partial charge in [-0.2, -0.15) is 13.2 Å². The molecule has 0 fully saturated rings. The Morgan fingerprint density at radius 1 is 1.03 bits per heavy atom. The molecule has 32 heavy (non-hydrogen) atoms. The van der Waals surface area contributed by atoms with Crippen LogP contribution in [0.25, 0.3) is 0 Å². The minimum Gasteiger partial charge on any atom is -0.493 e. The summed E-state index contributed by atoms with van der Waals surface area (Å²) in [6.07, 6.45) is 0.989. The van der Waals surface area contributed by atoms with Gasteiger partial charge in [-0.3, -0.25) is 4.98 Å². The maximum absolute atomic E-state index is 13.0. The highest BCUT2D eigenvalue weighted by molar-refractivity contribution is 6.02. The lowest BCUT2D eigenvalue weighted by Gasteiger charge is -2.14. The number of alkyl halides is 3. The normalized spacial score (nSPS) is 12.2. The Bertz CT molecular complexity index is 903. The van der Waals surface area contributed by atoms with Crippen molar-refractivity contribution < 1.29 is 32.2 Å². The minimum absolute atomic E-state index is 0.321. The predicted molar refractivity (Wildman–Crippen MR) is 116 cm³/mol. The summed E-state index contributed by atoms with van der Waals surface area (Å²) in [6.45, 7) is 7.10. The molecule has 6 nitrogen and oxygen atoms in total. The number of pyridine rings is 1. The van der Waals surface area contributed by atoms with Crippen LogP contribution in [0.5, 0.6) is 17.2 Å². The summed E-state index contributed by atoms with van der Waals surface area (Å²) in [6, 6.07) is 6.44. The average Bonchev–Trinajstić information content (AvgIpc) is 2.73. The van der Waals surface area contributed by atoms with Crippen molar-refractivity contribution in [3.05, 3.63) is 59.4 Å². The first-order chi connectivity index (χ1) is 15.3. The number of benzene rings is 1. The van der Waals surface area contributed by atoms with Crippen LogP contribution in [0.3, 0.4) is 0 Å². The van der Waals surface area contributed by atoms with E-state index in [0.29, 0.717) is 32.0 Å². The van der Waals surface area contributed by atoms with Crippen molar-refractivity contribution in [2.75, 3.05) is 26.9 Å². The van der Waals surface area contributed by atoms with Gasteiger partial charge in [-0.15, -0.1) is 0 Å². The van der Waals surface area contributed by atoms with Crippen LogP contribution in [0.15, 0.2) is 47.8 Å². The van der Waals surface area contributed by atoms with Crippen LogP contribution >= 0.6 is 0 Å². The fourth-order valence-electron chi connectivity index (χ4n) is 2.83. The summed E-state index contributed by atoms with van der Waals surface area (Å²) in [5.74, 6) is 1.93. The molecular formula is C23H27F3N2O4. The van der Waals surface area contributed by atoms with E-state index < -0.39 is 11.9 Å². The molecule has 9 heteroatoms. The summed E-state index contributed by atoms with van der Waals surface area (Å²) in [5, 5.41) is 3.01. The van der Waals surface area contributed by atoms with Crippen LogP contribution < -0.4 is 14.2 Å². The van der Waals surface area contributed by atoms with E-state index in [9.17, 15) is 13.2 Å². The summed E-state index contributed by atoms with van der Waals surface area (Å²) in [7, 11) is 1.04. The van der Waals surface area contributed by atoms with Crippen molar-refractivity contribution in [1.82, 2.24) is 4.98 Å². The van der Waals surface area contributed by atoms with E-state index in [2.05, 4.69) is 15.0 Å². The third-order valence-electron chi connectivity index (χ3n) is 4.25. The van der Waals surface area contributed by atoms with E-state index in [1.54, 1.807) is 0 Å². The molecule has 0 amide bonds. The van der Waals surface area contributed by atoms with Gasteiger partial charge < -0.3 is 19.0 Å². The second kappa shape index (κ2) is 12.0. The minimum atomic E-state index is -4.67. The van der Waals surface area contributed by atoms with Gasteiger partial charge in [0.25, 0.3) is 0 Å². The molecule has 0 atom stereocenters. The fraction of sp³-hybridized carbons (Fsp3) is 0.391. The Hall–Kier alpha value is -3.23. The molecule has 0 unspecified atom stereocenters. The van der Waals surface area contributed by atoms with Crippen LogP contribution in [0.1, 0.15) is 30.2 Å². The quantitative estimate of drug-likeness (QED) is 0.197. The van der Waals surface area contributed by atoms with Gasteiger partial charge in [0, 0.05) is 6.42 Å². The maximum Gasteiger partial charge on any atom is 0.438 e. The van der Waals surface area contributed by atoms with Gasteiger partial charge >= 0.3 is 6.18 Å². The van der Waals surface area contributed by atoms with Crippen LogP contribution in [0.4, 0.5) is 13.2 Å². The molecule has 0 saturated heterocycles. The zero-order valence-corrected chi connectivity index (χ0v) is 18.5. The first-order valence-corrected chi connectivity index (χ1v) is 10.0. The lowest BCUT2D eigenvalue weighted by atomic mass is 10.1. The lowest BCUT2D eigenvalue weighted by molar-refractivity contribution is -0.0609. The number of rotatable bonds is 11. The van der Waals surface area contributed by atoms with E-state index in [4.69, 9.17) is 14.2 Å². The number of halogens is 3. The smallest absolute Gasteiger partial charge is 0.438 e. The third kappa shape index (κ3) is 7.47. The lowest BCUT2D eigenvalue weighted by Crippen LogP contribution is -2.25. The molecule has 0 aliphatic carbocycles. The second-order valence-corrected chi connectivity index (χ2v) is 6.82. The van der Waals surface area contributed by atoms with Crippen molar-refractivity contribution in [1.29, 1.82) is 0 Å². The molecule has 0 spiro atoms. The molecule has 1 aromatic carbocycles. The van der Waals surface area contributed by atoms with Crippen molar-refractivity contribution in [2.45, 2.75) is 33.4 Å². The van der Waals surface area contributed by atoms with Crippen molar-refractivity contribution in [3.63, 3.8) is 0 Å². The van der Waals surface area contributed by atoms with E-state index in [1.165, 1.54) is 18.3 Å². The molecule has 2 rings (SSSR count). The molecule has 0 aliphatic heterocycles. The summed E-state index contributed by atoms with van der Waals surface area (Å²) in [4.78, 5) is 8.03. The van der Waals surface area contributed by atoms with Crippen LogP contribution in [-0.4, -0.2) is 43.8 Å². The summed E-state index contributed by atoms with van der Waals surface area (Å²) in [5.41, 5.74) is 0.391. The summed E-state index contributed by atoms with van der Waals surface area (Å²) >= 11 is 0.